The highest BCUT2D eigenvalue weighted by Gasteiger charge is 2.33. The van der Waals surface area contributed by atoms with Gasteiger partial charge in [-0.1, -0.05) is 12.1 Å². The average molecular weight is 334 g/mol. The topological polar surface area (TPSA) is 97.8 Å². The molecule has 2 unspecified atom stereocenters. The Morgan fingerprint density at radius 2 is 2.00 bits per heavy atom. The summed E-state index contributed by atoms with van der Waals surface area (Å²) < 4.78 is 11.4. The van der Waals surface area contributed by atoms with Gasteiger partial charge in [0.15, 0.2) is 17.2 Å². The second-order valence-corrected chi connectivity index (χ2v) is 5.90. The van der Waals surface area contributed by atoms with E-state index in [2.05, 4.69) is 10.3 Å². The fourth-order valence-electron chi connectivity index (χ4n) is 2.16. The molecule has 0 aliphatic carbocycles. The molecule has 0 radical (unpaired) electrons. The van der Waals surface area contributed by atoms with E-state index >= 15 is 0 Å². The average Bonchev–Trinajstić information content (AvgIpc) is 3.01. The van der Waals surface area contributed by atoms with Crippen LogP contribution in [-0.4, -0.2) is 34.2 Å². The molecule has 2 heterocycles. The Balaban J connectivity index is 1.63. The summed E-state index contributed by atoms with van der Waals surface area (Å²) in [6, 6.07) is 7.15. The molecule has 7 nitrogen and oxygen atoms in total. The molecule has 8 heteroatoms. The molecule has 23 heavy (non-hydrogen) atoms. The zero-order valence-electron chi connectivity index (χ0n) is 12.2. The fourth-order valence-corrected chi connectivity index (χ4v) is 2.87. The third-order valence-corrected chi connectivity index (χ3v) is 4.13. The lowest BCUT2D eigenvalue weighted by Gasteiger charge is -2.30. The molecule has 1 aromatic heterocycles. The number of nitrogens with zero attached hydrogens (tertiary/aromatic N) is 1. The molecule has 2 atom stereocenters. The number of para-hydroxylation sites is 2. The first-order valence-electron chi connectivity index (χ1n) is 6.92. The minimum atomic E-state index is -1.09. The quantitative estimate of drug-likeness (QED) is 0.883. The number of carbonyl (C=O) groups excluding carboxylic acids is 1. The molecule has 0 saturated carbocycles. The molecule has 3 rings (SSSR count). The van der Waals surface area contributed by atoms with Crippen LogP contribution in [0.1, 0.15) is 22.4 Å². The summed E-state index contributed by atoms with van der Waals surface area (Å²) in [5.74, 6) is -0.296. The molecule has 2 aromatic rings. The molecule has 120 valence electrons. The van der Waals surface area contributed by atoms with Crippen molar-refractivity contribution in [2.75, 3.05) is 0 Å². The monoisotopic (exact) mass is 334 g/mol. The van der Waals surface area contributed by atoms with Gasteiger partial charge >= 0.3 is 5.97 Å². The molecule has 1 aliphatic heterocycles. The number of thiazole rings is 1. The molecule has 1 aliphatic rings. The van der Waals surface area contributed by atoms with Gasteiger partial charge in [0.1, 0.15) is 11.1 Å². The number of benzene rings is 1. The van der Waals surface area contributed by atoms with Gasteiger partial charge < -0.3 is 19.9 Å². The second-order valence-electron chi connectivity index (χ2n) is 4.96. The van der Waals surface area contributed by atoms with Crippen LogP contribution in [0.5, 0.6) is 11.5 Å². The lowest BCUT2D eigenvalue weighted by molar-refractivity contribution is -0.133. The largest absolute Gasteiger partial charge is 0.482 e. The maximum absolute atomic E-state index is 12.3. The van der Waals surface area contributed by atoms with Crippen LogP contribution in [0.3, 0.4) is 0 Å². The summed E-state index contributed by atoms with van der Waals surface area (Å²) in [4.78, 5) is 27.0. The smallest absolute Gasteiger partial charge is 0.355 e. The Labute approximate surface area is 135 Å². The lowest BCUT2D eigenvalue weighted by atomic mass is 10.1. The molecule has 0 fully saturated rings. The number of carbonyl (C=O) groups is 2. The minimum Gasteiger partial charge on any atom is -0.482 e. The Bertz CT molecular complexity index is 745. The SMILES string of the molecule is CC1Oc2ccccc2OC1C(=O)NCc1nc(C(=O)O)cs1. The van der Waals surface area contributed by atoms with Crippen LogP contribution in [-0.2, 0) is 11.3 Å². The van der Waals surface area contributed by atoms with Gasteiger partial charge in [0.25, 0.3) is 5.91 Å². The van der Waals surface area contributed by atoms with E-state index in [9.17, 15) is 9.59 Å². The number of aromatic nitrogens is 1. The van der Waals surface area contributed by atoms with Crippen molar-refractivity contribution in [2.24, 2.45) is 0 Å². The van der Waals surface area contributed by atoms with Crippen LogP contribution in [0, 0.1) is 0 Å². The van der Waals surface area contributed by atoms with E-state index < -0.39 is 18.2 Å². The van der Waals surface area contributed by atoms with Gasteiger partial charge in [-0.15, -0.1) is 11.3 Å². The first-order chi connectivity index (χ1) is 11.0. The molecule has 0 bridgehead atoms. The maximum atomic E-state index is 12.3. The Morgan fingerprint density at radius 1 is 1.30 bits per heavy atom. The standard InChI is InChI=1S/C15H14N2O5S/c1-8-13(22-11-5-3-2-4-10(11)21-8)14(18)16-6-12-17-9(7-23-12)15(19)20/h2-5,7-8,13H,6H2,1H3,(H,16,18)(H,19,20). The lowest BCUT2D eigenvalue weighted by Crippen LogP contribution is -2.48. The first kappa shape index (κ1) is 15.3. The van der Waals surface area contributed by atoms with Gasteiger partial charge in [-0.05, 0) is 19.1 Å². The molecular formula is C15H14N2O5S. The zero-order valence-corrected chi connectivity index (χ0v) is 13.0. The van der Waals surface area contributed by atoms with Crippen molar-refractivity contribution in [3.8, 4) is 11.5 Å². The first-order valence-corrected chi connectivity index (χ1v) is 7.80. The molecule has 2 N–H and O–H groups in total. The number of carboxylic acid groups (broad SMARTS) is 1. The van der Waals surface area contributed by atoms with Gasteiger partial charge in [-0.2, -0.15) is 0 Å². The van der Waals surface area contributed by atoms with Crippen LogP contribution in [0.25, 0.3) is 0 Å². The van der Waals surface area contributed by atoms with Gasteiger partial charge in [-0.25, -0.2) is 9.78 Å². The number of carboxylic acids is 1. The van der Waals surface area contributed by atoms with E-state index in [1.165, 1.54) is 16.7 Å². The van der Waals surface area contributed by atoms with E-state index in [1.54, 1.807) is 25.1 Å². The summed E-state index contributed by atoms with van der Waals surface area (Å²) in [7, 11) is 0. The maximum Gasteiger partial charge on any atom is 0.355 e. The Kier molecular flexibility index (Phi) is 4.16. The summed E-state index contributed by atoms with van der Waals surface area (Å²) in [5.41, 5.74) is -0.0289. The normalized spacial score (nSPS) is 19.2. The van der Waals surface area contributed by atoms with Gasteiger partial charge in [-0.3, -0.25) is 4.79 Å². The molecule has 0 saturated heterocycles. The highest BCUT2D eigenvalue weighted by Crippen LogP contribution is 2.33. The number of ether oxygens (including phenoxy) is 2. The number of hydrogen-bond acceptors (Lipinski definition) is 6. The molecule has 0 spiro atoms. The van der Waals surface area contributed by atoms with Crippen molar-refractivity contribution in [3.05, 3.63) is 40.3 Å². The number of aromatic carboxylic acids is 1. The van der Waals surface area contributed by atoms with Crippen molar-refractivity contribution in [3.63, 3.8) is 0 Å². The highest BCUT2D eigenvalue weighted by atomic mass is 32.1. The van der Waals surface area contributed by atoms with E-state index in [0.717, 1.165) is 0 Å². The van der Waals surface area contributed by atoms with Crippen LogP contribution < -0.4 is 14.8 Å². The third kappa shape index (κ3) is 3.26. The predicted molar refractivity (Wildman–Crippen MR) is 81.9 cm³/mol. The number of hydrogen-bond donors (Lipinski definition) is 2. The van der Waals surface area contributed by atoms with Gasteiger partial charge in [0, 0.05) is 5.38 Å². The van der Waals surface area contributed by atoms with E-state index in [1.807, 2.05) is 6.07 Å². The zero-order chi connectivity index (χ0) is 16.4. The summed E-state index contributed by atoms with van der Waals surface area (Å²) in [6.07, 6.45) is -1.21. The van der Waals surface area contributed by atoms with Crippen molar-refractivity contribution in [1.82, 2.24) is 10.3 Å². The summed E-state index contributed by atoms with van der Waals surface area (Å²) in [5, 5.41) is 13.5. The number of nitrogens with one attached hydrogen (secondary N) is 1. The van der Waals surface area contributed by atoms with Crippen molar-refractivity contribution >= 4 is 23.2 Å². The van der Waals surface area contributed by atoms with E-state index in [4.69, 9.17) is 14.6 Å². The third-order valence-electron chi connectivity index (χ3n) is 3.29. The van der Waals surface area contributed by atoms with Gasteiger partial charge in [0.05, 0.1) is 6.54 Å². The van der Waals surface area contributed by atoms with Crippen LogP contribution in [0.4, 0.5) is 0 Å². The highest BCUT2D eigenvalue weighted by molar-refractivity contribution is 7.09. The van der Waals surface area contributed by atoms with Crippen molar-refractivity contribution in [2.45, 2.75) is 25.7 Å². The fraction of sp³-hybridized carbons (Fsp3) is 0.267. The summed E-state index contributed by atoms with van der Waals surface area (Å²) in [6.45, 7) is 1.90. The number of rotatable bonds is 4. The van der Waals surface area contributed by atoms with Gasteiger partial charge in [0.2, 0.25) is 6.10 Å². The molecule has 1 aromatic carbocycles. The van der Waals surface area contributed by atoms with E-state index in [0.29, 0.717) is 16.5 Å². The van der Waals surface area contributed by atoms with Crippen LogP contribution in [0.2, 0.25) is 0 Å². The molecule has 1 amide bonds. The Hall–Kier alpha value is -2.61. The second kappa shape index (κ2) is 6.25. The Morgan fingerprint density at radius 3 is 2.65 bits per heavy atom. The van der Waals surface area contributed by atoms with Crippen LogP contribution in [0.15, 0.2) is 29.6 Å². The number of amides is 1. The number of fused-ring (bicyclic) bond motifs is 1. The predicted octanol–water partition coefficient (Wildman–Crippen LogP) is 1.69. The minimum absolute atomic E-state index is 0.0289. The van der Waals surface area contributed by atoms with Crippen LogP contribution >= 0.6 is 11.3 Å². The molecular weight excluding hydrogens is 320 g/mol. The van der Waals surface area contributed by atoms with Crippen molar-refractivity contribution < 1.29 is 24.2 Å². The van der Waals surface area contributed by atoms with E-state index in [-0.39, 0.29) is 18.1 Å². The van der Waals surface area contributed by atoms with Crippen molar-refractivity contribution in [1.29, 1.82) is 0 Å². The summed E-state index contributed by atoms with van der Waals surface area (Å²) >= 11 is 1.18.